The van der Waals surface area contributed by atoms with Crippen molar-refractivity contribution in [2.24, 2.45) is 5.73 Å². The molecule has 0 aliphatic heterocycles. The Morgan fingerprint density at radius 1 is 1.27 bits per heavy atom. The summed E-state index contributed by atoms with van der Waals surface area (Å²) in [5.41, 5.74) is 5.94. The van der Waals surface area contributed by atoms with Gasteiger partial charge in [-0.25, -0.2) is 4.79 Å². The van der Waals surface area contributed by atoms with Crippen LogP contribution < -0.4 is 11.1 Å². The van der Waals surface area contributed by atoms with E-state index in [2.05, 4.69) is 15.5 Å². The Labute approximate surface area is 198 Å². The summed E-state index contributed by atoms with van der Waals surface area (Å²) >= 11 is 2.14. The van der Waals surface area contributed by atoms with Crippen LogP contribution in [0.25, 0.3) is 11.6 Å². The summed E-state index contributed by atoms with van der Waals surface area (Å²) < 4.78 is 12.6. The predicted molar refractivity (Wildman–Crippen MR) is 126 cm³/mol. The molecule has 3 aromatic rings. The van der Waals surface area contributed by atoms with E-state index in [-0.39, 0.29) is 39.2 Å². The van der Waals surface area contributed by atoms with Gasteiger partial charge in [0, 0.05) is 6.04 Å². The minimum absolute atomic E-state index is 0.00449. The zero-order valence-corrected chi connectivity index (χ0v) is 20.5. The molecule has 10 nitrogen and oxygen atoms in total. The third kappa shape index (κ3) is 5.45. The number of nitrogens with one attached hydrogen (secondary N) is 1. The van der Waals surface area contributed by atoms with Crippen molar-refractivity contribution in [2.45, 2.75) is 51.9 Å². The van der Waals surface area contributed by atoms with Crippen molar-refractivity contribution < 1.29 is 23.5 Å². The summed E-state index contributed by atoms with van der Waals surface area (Å²) in [4.78, 5) is 37.3. The van der Waals surface area contributed by atoms with Gasteiger partial charge < -0.3 is 20.2 Å². The van der Waals surface area contributed by atoms with E-state index in [1.165, 1.54) is 11.8 Å². The summed E-state index contributed by atoms with van der Waals surface area (Å²) in [5.74, 6) is -0.540. The number of esters is 1. The second kappa shape index (κ2) is 10.2. The number of anilines is 1. The van der Waals surface area contributed by atoms with E-state index in [4.69, 9.17) is 14.9 Å². The van der Waals surface area contributed by atoms with Crippen LogP contribution in [0.5, 0.6) is 0 Å². The number of primary amides is 1. The number of nitrogens with two attached hydrogens (primary N) is 1. The molecule has 0 fully saturated rings. The van der Waals surface area contributed by atoms with E-state index >= 15 is 0 Å². The fraction of sp³-hybridized carbons (Fsp3) is 0.381. The lowest BCUT2D eigenvalue weighted by molar-refractivity contribution is -0.113. The van der Waals surface area contributed by atoms with E-state index in [9.17, 15) is 14.4 Å². The summed E-state index contributed by atoms with van der Waals surface area (Å²) in [5, 5.41) is 11.9. The Balaban J connectivity index is 1.79. The number of rotatable bonds is 9. The predicted octanol–water partition coefficient (Wildman–Crippen LogP) is 3.88. The number of hydrogen-bond donors (Lipinski definition) is 2. The molecule has 0 saturated heterocycles. The second-order valence-corrected chi connectivity index (χ2v) is 9.63. The monoisotopic (exact) mass is 491 g/mol. The van der Waals surface area contributed by atoms with Crippen LogP contribution in [0.1, 0.15) is 59.3 Å². The van der Waals surface area contributed by atoms with Gasteiger partial charge in [0.1, 0.15) is 5.00 Å². The lowest BCUT2D eigenvalue weighted by atomic mass is 10.1. The summed E-state index contributed by atoms with van der Waals surface area (Å²) in [7, 11) is 0. The van der Waals surface area contributed by atoms with Gasteiger partial charge in [-0.1, -0.05) is 11.8 Å². The summed E-state index contributed by atoms with van der Waals surface area (Å²) in [6.45, 7) is 8.98. The first-order valence-electron chi connectivity index (χ1n) is 10.2. The van der Waals surface area contributed by atoms with Gasteiger partial charge in [-0.2, -0.15) is 0 Å². The molecule has 12 heteroatoms. The van der Waals surface area contributed by atoms with E-state index < -0.39 is 11.9 Å². The average Bonchev–Trinajstić information content (AvgIpc) is 3.44. The molecule has 0 aliphatic carbocycles. The minimum Gasteiger partial charge on any atom is -0.461 e. The lowest BCUT2D eigenvalue weighted by Crippen LogP contribution is -2.18. The number of aromatic nitrogens is 3. The molecule has 0 bridgehead atoms. The Morgan fingerprint density at radius 2 is 2.00 bits per heavy atom. The largest absolute Gasteiger partial charge is 0.461 e. The van der Waals surface area contributed by atoms with Gasteiger partial charge in [0.15, 0.2) is 10.9 Å². The Hall–Kier alpha value is -3.12. The molecule has 0 radical (unpaired) electrons. The number of furan rings is 1. The third-order valence-electron chi connectivity index (χ3n) is 4.43. The number of thiophene rings is 1. The van der Waals surface area contributed by atoms with Gasteiger partial charge in [0.25, 0.3) is 5.91 Å². The van der Waals surface area contributed by atoms with Crippen LogP contribution >= 0.6 is 23.1 Å². The maximum absolute atomic E-state index is 12.7. The van der Waals surface area contributed by atoms with Gasteiger partial charge in [0.2, 0.25) is 11.7 Å². The molecule has 0 unspecified atom stereocenters. The first-order valence-corrected chi connectivity index (χ1v) is 12.0. The highest BCUT2D eigenvalue weighted by molar-refractivity contribution is 7.99. The molecule has 0 atom stereocenters. The zero-order chi connectivity index (χ0) is 24.3. The maximum atomic E-state index is 12.7. The average molecular weight is 492 g/mol. The first kappa shape index (κ1) is 24.5. The molecule has 0 aliphatic rings. The maximum Gasteiger partial charge on any atom is 0.341 e. The third-order valence-corrected chi connectivity index (χ3v) is 6.59. The fourth-order valence-corrected chi connectivity index (χ4v) is 4.99. The van der Waals surface area contributed by atoms with Crippen LogP contribution in [0.3, 0.4) is 0 Å². The van der Waals surface area contributed by atoms with Crippen molar-refractivity contribution in [2.75, 3.05) is 11.1 Å². The van der Waals surface area contributed by atoms with Crippen molar-refractivity contribution in [1.82, 2.24) is 14.8 Å². The lowest BCUT2D eigenvalue weighted by Gasteiger charge is -2.13. The van der Waals surface area contributed by atoms with Crippen LogP contribution in [0.2, 0.25) is 0 Å². The molecule has 0 aromatic carbocycles. The molecule has 3 N–H and O–H groups in total. The van der Waals surface area contributed by atoms with Gasteiger partial charge >= 0.3 is 5.97 Å². The number of ether oxygens (including phenoxy) is 1. The molecule has 176 valence electrons. The Bertz CT molecular complexity index is 1160. The van der Waals surface area contributed by atoms with E-state index in [0.717, 1.165) is 11.3 Å². The second-order valence-electron chi connectivity index (χ2n) is 7.66. The van der Waals surface area contributed by atoms with E-state index in [1.807, 2.05) is 18.4 Å². The molecule has 3 aromatic heterocycles. The van der Waals surface area contributed by atoms with E-state index in [1.54, 1.807) is 39.2 Å². The zero-order valence-electron chi connectivity index (χ0n) is 18.9. The van der Waals surface area contributed by atoms with Crippen LogP contribution in [0.4, 0.5) is 5.00 Å². The standard InChI is InChI=1S/C21H25N5O5S2/c1-10(2)26-18(13-7-6-8-30-13)24-25-21(26)32-9-14(27)23-19-15(20(29)31-11(3)4)12(5)16(33-19)17(22)28/h6-8,10-11H,9H2,1-5H3,(H2,22,28)(H,23,27). The van der Waals surface area contributed by atoms with Crippen LogP contribution in [0, 0.1) is 6.92 Å². The highest BCUT2D eigenvalue weighted by Gasteiger charge is 2.27. The van der Waals surface area contributed by atoms with Crippen molar-refractivity contribution in [3.05, 3.63) is 34.4 Å². The molecule has 3 rings (SSSR count). The highest BCUT2D eigenvalue weighted by atomic mass is 32.2. The molecule has 2 amide bonds. The quantitative estimate of drug-likeness (QED) is 0.339. The first-order chi connectivity index (χ1) is 15.6. The SMILES string of the molecule is Cc1c(C(N)=O)sc(NC(=O)CSc2nnc(-c3ccco3)n2C(C)C)c1C(=O)OC(C)C. The molecule has 0 saturated carbocycles. The van der Waals surface area contributed by atoms with Crippen molar-refractivity contribution in [1.29, 1.82) is 0 Å². The number of carbonyl (C=O) groups excluding carboxylic acids is 3. The van der Waals surface area contributed by atoms with Crippen molar-refractivity contribution in [3.63, 3.8) is 0 Å². The number of amides is 2. The van der Waals surface area contributed by atoms with Crippen LogP contribution in [-0.4, -0.2) is 44.4 Å². The van der Waals surface area contributed by atoms with Crippen LogP contribution in [0.15, 0.2) is 28.0 Å². The van der Waals surface area contributed by atoms with Crippen molar-refractivity contribution >= 4 is 45.9 Å². The molecular weight excluding hydrogens is 466 g/mol. The van der Waals surface area contributed by atoms with Crippen LogP contribution in [-0.2, 0) is 9.53 Å². The van der Waals surface area contributed by atoms with E-state index in [0.29, 0.717) is 22.3 Å². The summed E-state index contributed by atoms with van der Waals surface area (Å²) in [6.07, 6.45) is 1.19. The van der Waals surface area contributed by atoms with Gasteiger partial charge in [0.05, 0.1) is 28.6 Å². The van der Waals surface area contributed by atoms with Gasteiger partial charge in [-0.3, -0.25) is 14.2 Å². The highest BCUT2D eigenvalue weighted by Crippen LogP contribution is 2.34. The molecule has 3 heterocycles. The normalized spacial score (nSPS) is 11.2. The summed E-state index contributed by atoms with van der Waals surface area (Å²) in [6, 6.07) is 3.58. The Morgan fingerprint density at radius 3 is 2.58 bits per heavy atom. The van der Waals surface area contributed by atoms with Crippen molar-refractivity contribution in [3.8, 4) is 11.6 Å². The molecular formula is C21H25N5O5S2. The molecule has 33 heavy (non-hydrogen) atoms. The van der Waals surface area contributed by atoms with Gasteiger partial charge in [-0.15, -0.1) is 21.5 Å². The Kier molecular flexibility index (Phi) is 7.59. The number of thioether (sulfide) groups is 1. The number of nitrogens with zero attached hydrogens (tertiary/aromatic N) is 3. The van der Waals surface area contributed by atoms with Gasteiger partial charge in [-0.05, 0) is 52.3 Å². The number of hydrogen-bond acceptors (Lipinski definition) is 9. The number of carbonyl (C=O) groups is 3. The minimum atomic E-state index is -0.679. The molecule has 0 spiro atoms. The topological polar surface area (TPSA) is 142 Å². The smallest absolute Gasteiger partial charge is 0.341 e. The fourth-order valence-electron chi connectivity index (χ4n) is 3.06.